The smallest absolute Gasteiger partial charge is 0.275 e. The number of hydrogen-bond donors (Lipinski definition) is 2. The zero-order valence-corrected chi connectivity index (χ0v) is 14.8. The van der Waals surface area contributed by atoms with Crippen LogP contribution in [0.5, 0.6) is 11.5 Å². The highest BCUT2D eigenvalue weighted by Crippen LogP contribution is 2.30. The second kappa shape index (κ2) is 8.71. The average Bonchev–Trinajstić information content (AvgIpc) is 2.97. The minimum absolute atomic E-state index is 0. The summed E-state index contributed by atoms with van der Waals surface area (Å²) >= 11 is 1.36. The Morgan fingerprint density at radius 3 is 2.74 bits per heavy atom. The van der Waals surface area contributed by atoms with E-state index in [-0.39, 0.29) is 24.4 Å². The van der Waals surface area contributed by atoms with Gasteiger partial charge in [0, 0.05) is 18.0 Å². The highest BCUT2D eigenvalue weighted by molar-refractivity contribution is 7.09. The van der Waals surface area contributed by atoms with Crippen LogP contribution in [0.3, 0.4) is 0 Å². The monoisotopic (exact) mass is 357 g/mol. The van der Waals surface area contributed by atoms with Crippen molar-refractivity contribution in [2.75, 3.05) is 12.4 Å². The summed E-state index contributed by atoms with van der Waals surface area (Å²) < 4.78 is 10.9. The van der Waals surface area contributed by atoms with Crippen LogP contribution in [0.1, 0.15) is 29.3 Å². The molecule has 2 rings (SSSR count). The lowest BCUT2D eigenvalue weighted by Gasteiger charge is -2.15. The quantitative estimate of drug-likeness (QED) is 0.829. The van der Waals surface area contributed by atoms with Crippen molar-refractivity contribution in [1.82, 2.24) is 4.98 Å². The molecule has 1 aromatic heterocycles. The Morgan fingerprint density at radius 2 is 2.17 bits per heavy atom. The number of carbonyl (C=O) groups excluding carboxylic acids is 1. The predicted molar refractivity (Wildman–Crippen MR) is 94.0 cm³/mol. The van der Waals surface area contributed by atoms with Crippen LogP contribution in [0.4, 0.5) is 5.69 Å². The van der Waals surface area contributed by atoms with Crippen LogP contribution in [-0.4, -0.2) is 24.1 Å². The third-order valence-electron chi connectivity index (χ3n) is 2.76. The first kappa shape index (κ1) is 19.2. The largest absolute Gasteiger partial charge is 0.497 e. The van der Waals surface area contributed by atoms with E-state index in [2.05, 4.69) is 10.3 Å². The summed E-state index contributed by atoms with van der Waals surface area (Å²) in [5.74, 6) is 0.906. The van der Waals surface area contributed by atoms with Crippen molar-refractivity contribution in [2.24, 2.45) is 5.73 Å². The standard InChI is InChI=1S/C15H19N3O3S.ClH/c1-9(2)21-13-5-4-10(20-3)6-11(13)18-15(19)12-8-22-14(7-16)17-12;/h4-6,8-9H,7,16H2,1-3H3,(H,18,19);1H. The minimum Gasteiger partial charge on any atom is -0.497 e. The summed E-state index contributed by atoms with van der Waals surface area (Å²) in [6.07, 6.45) is -0.00726. The van der Waals surface area contributed by atoms with E-state index in [0.717, 1.165) is 5.01 Å². The lowest BCUT2D eigenvalue weighted by atomic mass is 10.2. The molecule has 0 aliphatic rings. The van der Waals surface area contributed by atoms with Crippen LogP contribution in [0.15, 0.2) is 23.6 Å². The number of benzene rings is 1. The minimum atomic E-state index is -0.308. The maximum Gasteiger partial charge on any atom is 0.275 e. The molecule has 6 nitrogen and oxygen atoms in total. The van der Waals surface area contributed by atoms with Gasteiger partial charge in [0.1, 0.15) is 22.2 Å². The topological polar surface area (TPSA) is 86.5 Å². The summed E-state index contributed by atoms with van der Waals surface area (Å²) in [6, 6.07) is 5.26. The van der Waals surface area contributed by atoms with Crippen LogP contribution < -0.4 is 20.5 Å². The molecule has 1 heterocycles. The zero-order chi connectivity index (χ0) is 16.1. The summed E-state index contributed by atoms with van der Waals surface area (Å²) in [4.78, 5) is 16.4. The number of nitrogens with one attached hydrogen (secondary N) is 1. The fraction of sp³-hybridized carbons (Fsp3) is 0.333. The number of carbonyl (C=O) groups is 1. The summed E-state index contributed by atoms with van der Waals surface area (Å²) in [6.45, 7) is 4.16. The van der Waals surface area contributed by atoms with Crippen LogP contribution in [-0.2, 0) is 6.54 Å². The van der Waals surface area contributed by atoms with Gasteiger partial charge in [-0.15, -0.1) is 23.7 Å². The van der Waals surface area contributed by atoms with Gasteiger partial charge in [-0.05, 0) is 26.0 Å². The van der Waals surface area contributed by atoms with E-state index in [9.17, 15) is 4.79 Å². The molecular weight excluding hydrogens is 338 g/mol. The summed E-state index contributed by atoms with van der Waals surface area (Å²) in [7, 11) is 1.57. The fourth-order valence-corrected chi connectivity index (χ4v) is 2.44. The van der Waals surface area contributed by atoms with Gasteiger partial charge in [-0.3, -0.25) is 4.79 Å². The Hall–Kier alpha value is -1.83. The Bertz CT molecular complexity index is 661. The highest BCUT2D eigenvalue weighted by Gasteiger charge is 2.14. The van der Waals surface area contributed by atoms with Gasteiger partial charge in [-0.2, -0.15) is 0 Å². The molecule has 0 saturated heterocycles. The predicted octanol–water partition coefficient (Wildman–Crippen LogP) is 3.07. The number of thiazole rings is 1. The third kappa shape index (κ3) is 5.09. The molecule has 0 bridgehead atoms. The van der Waals surface area contributed by atoms with Crippen molar-refractivity contribution >= 4 is 35.3 Å². The first-order chi connectivity index (χ1) is 10.5. The number of amides is 1. The molecular formula is C15H20ClN3O3S. The first-order valence-electron chi connectivity index (χ1n) is 6.84. The zero-order valence-electron chi connectivity index (χ0n) is 13.2. The molecule has 0 saturated carbocycles. The normalized spacial score (nSPS) is 10.1. The van der Waals surface area contributed by atoms with Crippen molar-refractivity contribution < 1.29 is 14.3 Å². The number of aromatic nitrogens is 1. The molecule has 1 amide bonds. The third-order valence-corrected chi connectivity index (χ3v) is 3.63. The molecule has 1 aromatic carbocycles. The SMILES string of the molecule is COc1ccc(OC(C)C)c(NC(=O)c2csc(CN)n2)c1.Cl. The number of nitrogens with two attached hydrogens (primary N) is 1. The number of anilines is 1. The van der Waals surface area contributed by atoms with Crippen molar-refractivity contribution in [1.29, 1.82) is 0 Å². The average molecular weight is 358 g/mol. The number of nitrogens with zero attached hydrogens (tertiary/aromatic N) is 1. The molecule has 0 radical (unpaired) electrons. The lowest BCUT2D eigenvalue weighted by molar-refractivity contribution is 0.102. The second-order valence-electron chi connectivity index (χ2n) is 4.81. The number of hydrogen-bond acceptors (Lipinski definition) is 6. The molecule has 23 heavy (non-hydrogen) atoms. The molecule has 0 spiro atoms. The highest BCUT2D eigenvalue weighted by atomic mass is 35.5. The number of halogens is 1. The van der Waals surface area contributed by atoms with Crippen LogP contribution in [0.25, 0.3) is 0 Å². The van der Waals surface area contributed by atoms with E-state index in [1.54, 1.807) is 30.7 Å². The van der Waals surface area contributed by atoms with E-state index in [0.29, 0.717) is 29.4 Å². The van der Waals surface area contributed by atoms with Crippen molar-refractivity contribution in [3.8, 4) is 11.5 Å². The van der Waals surface area contributed by atoms with Crippen molar-refractivity contribution in [2.45, 2.75) is 26.5 Å². The van der Waals surface area contributed by atoms with Gasteiger partial charge in [0.25, 0.3) is 5.91 Å². The molecule has 0 fully saturated rings. The van der Waals surface area contributed by atoms with Crippen molar-refractivity contribution in [3.63, 3.8) is 0 Å². The van der Waals surface area contributed by atoms with Gasteiger partial charge in [-0.1, -0.05) is 0 Å². The van der Waals surface area contributed by atoms with Crippen LogP contribution >= 0.6 is 23.7 Å². The van der Waals surface area contributed by atoms with E-state index in [1.807, 2.05) is 13.8 Å². The van der Waals surface area contributed by atoms with Gasteiger partial charge >= 0.3 is 0 Å². The van der Waals surface area contributed by atoms with Gasteiger partial charge in [-0.25, -0.2) is 4.98 Å². The van der Waals surface area contributed by atoms with E-state index >= 15 is 0 Å². The fourth-order valence-electron chi connectivity index (χ4n) is 1.79. The van der Waals surface area contributed by atoms with Gasteiger partial charge in [0.15, 0.2) is 0 Å². The molecule has 0 aliphatic heterocycles. The maximum atomic E-state index is 12.3. The summed E-state index contributed by atoms with van der Waals surface area (Å²) in [5.41, 5.74) is 6.39. The maximum absolute atomic E-state index is 12.3. The van der Waals surface area contributed by atoms with Gasteiger partial charge in [0.2, 0.25) is 0 Å². The lowest BCUT2D eigenvalue weighted by Crippen LogP contribution is -2.15. The van der Waals surface area contributed by atoms with Crippen LogP contribution in [0.2, 0.25) is 0 Å². The van der Waals surface area contributed by atoms with E-state index in [4.69, 9.17) is 15.2 Å². The van der Waals surface area contributed by atoms with E-state index < -0.39 is 0 Å². The second-order valence-corrected chi connectivity index (χ2v) is 5.76. The molecule has 0 aliphatic carbocycles. The van der Waals surface area contributed by atoms with Crippen LogP contribution in [0, 0.1) is 0 Å². The van der Waals surface area contributed by atoms with E-state index in [1.165, 1.54) is 11.3 Å². The molecule has 0 atom stereocenters. The first-order valence-corrected chi connectivity index (χ1v) is 7.72. The number of methoxy groups -OCH3 is 1. The Labute approximate surface area is 145 Å². The molecule has 0 unspecified atom stereocenters. The Balaban J connectivity index is 0.00000264. The van der Waals surface area contributed by atoms with Crippen molar-refractivity contribution in [3.05, 3.63) is 34.3 Å². The van der Waals surface area contributed by atoms with Gasteiger partial charge in [0.05, 0.1) is 18.9 Å². The number of ether oxygens (including phenoxy) is 2. The number of rotatable bonds is 6. The molecule has 8 heteroatoms. The Morgan fingerprint density at radius 1 is 1.43 bits per heavy atom. The Kier molecular flexibility index (Phi) is 7.28. The summed E-state index contributed by atoms with van der Waals surface area (Å²) in [5, 5.41) is 5.20. The molecule has 126 valence electrons. The van der Waals surface area contributed by atoms with Gasteiger partial charge < -0.3 is 20.5 Å². The molecule has 3 N–H and O–H groups in total. The molecule has 2 aromatic rings.